The van der Waals surface area contributed by atoms with Crippen LogP contribution in [0, 0.1) is 16.7 Å². The lowest BCUT2D eigenvalue weighted by Crippen LogP contribution is -2.53. The third kappa shape index (κ3) is 2.89. The summed E-state index contributed by atoms with van der Waals surface area (Å²) in [6.45, 7) is 11.8. The molecule has 2 aliphatic carbocycles. The molecule has 2 heteroatoms. The molecule has 0 amide bonds. The Morgan fingerprint density at radius 1 is 1.06 bits per heavy atom. The predicted octanol–water partition coefficient (Wildman–Crippen LogP) is 4.78. The molecule has 17 heavy (non-hydrogen) atoms. The van der Waals surface area contributed by atoms with E-state index < -0.39 is 0 Å². The van der Waals surface area contributed by atoms with Crippen LogP contribution in [0.1, 0.15) is 60.3 Å². The molecule has 4 unspecified atom stereocenters. The minimum absolute atomic E-state index is 0.310. The van der Waals surface area contributed by atoms with E-state index in [0.717, 1.165) is 5.92 Å². The van der Waals surface area contributed by atoms with E-state index in [-0.39, 0.29) is 0 Å². The number of halogens is 1. The van der Waals surface area contributed by atoms with Gasteiger partial charge in [0.25, 0.3) is 0 Å². The third-order valence-corrected chi connectivity index (χ3v) is 6.32. The Labute approximate surface area is 115 Å². The summed E-state index contributed by atoms with van der Waals surface area (Å²) in [5.41, 5.74) is 0.773. The maximum absolute atomic E-state index is 6.39. The number of alkyl halides is 1. The lowest BCUT2D eigenvalue weighted by Gasteiger charge is -2.51. The van der Waals surface area contributed by atoms with Crippen molar-refractivity contribution in [1.29, 1.82) is 0 Å². The summed E-state index contributed by atoms with van der Waals surface area (Å²) in [5.74, 6) is 0.812. The highest BCUT2D eigenvalue weighted by Crippen LogP contribution is 2.49. The average molecular weight is 303 g/mol. The first-order valence-electron chi connectivity index (χ1n) is 7.00. The van der Waals surface area contributed by atoms with Crippen LogP contribution in [0.3, 0.4) is 0 Å². The molecule has 2 fully saturated rings. The lowest BCUT2D eigenvalue weighted by molar-refractivity contribution is -0.145. The number of ether oxygens (including phenoxy) is 1. The Hall–Kier alpha value is 0.440. The molecule has 2 saturated carbocycles. The summed E-state index contributed by atoms with van der Waals surface area (Å²) in [7, 11) is 0. The fraction of sp³-hybridized carbons (Fsp3) is 1.00. The second-order valence-corrected chi connectivity index (χ2v) is 8.79. The number of hydrogen-bond donors (Lipinski definition) is 0. The summed E-state index contributed by atoms with van der Waals surface area (Å²) < 4.78 is 6.39. The van der Waals surface area contributed by atoms with Gasteiger partial charge in [0, 0.05) is 10.2 Å². The van der Waals surface area contributed by atoms with Crippen molar-refractivity contribution in [1.82, 2.24) is 0 Å². The van der Waals surface area contributed by atoms with E-state index >= 15 is 0 Å². The van der Waals surface area contributed by atoms with Crippen molar-refractivity contribution in [2.75, 3.05) is 0 Å². The number of rotatable bonds is 2. The summed E-state index contributed by atoms with van der Waals surface area (Å²) in [6.07, 6.45) is 5.95. The van der Waals surface area contributed by atoms with Crippen LogP contribution in [0.2, 0.25) is 0 Å². The van der Waals surface area contributed by atoms with Gasteiger partial charge in [-0.15, -0.1) is 0 Å². The first kappa shape index (κ1) is 13.9. The monoisotopic (exact) mass is 302 g/mol. The molecule has 0 aromatic heterocycles. The molecular formula is C15H27BrO. The van der Waals surface area contributed by atoms with Gasteiger partial charge >= 0.3 is 0 Å². The molecule has 0 bridgehead atoms. The molecule has 0 aromatic carbocycles. The van der Waals surface area contributed by atoms with E-state index in [0.29, 0.717) is 27.9 Å². The Balaban J connectivity index is 1.92. The second-order valence-electron chi connectivity index (χ2n) is 7.68. The highest BCUT2D eigenvalue weighted by atomic mass is 79.9. The van der Waals surface area contributed by atoms with E-state index in [1.54, 1.807) is 0 Å². The zero-order valence-corrected chi connectivity index (χ0v) is 13.5. The van der Waals surface area contributed by atoms with Crippen molar-refractivity contribution in [3.63, 3.8) is 0 Å². The van der Waals surface area contributed by atoms with Gasteiger partial charge in [-0.2, -0.15) is 0 Å². The van der Waals surface area contributed by atoms with Crippen molar-refractivity contribution in [2.45, 2.75) is 77.3 Å². The van der Waals surface area contributed by atoms with Crippen molar-refractivity contribution in [3.8, 4) is 0 Å². The fourth-order valence-corrected chi connectivity index (χ4v) is 4.30. The van der Waals surface area contributed by atoms with Crippen LogP contribution < -0.4 is 0 Å². The van der Waals surface area contributed by atoms with Crippen molar-refractivity contribution in [2.24, 2.45) is 16.7 Å². The van der Waals surface area contributed by atoms with E-state index in [9.17, 15) is 0 Å². The Bertz CT molecular complexity index is 285. The van der Waals surface area contributed by atoms with E-state index in [2.05, 4.69) is 50.5 Å². The molecule has 0 aromatic rings. The van der Waals surface area contributed by atoms with Gasteiger partial charge in [0.2, 0.25) is 0 Å². The largest absolute Gasteiger partial charge is 0.374 e. The SMILES string of the molecule is CC1CC(OC2CC(Br)C2(C)C)CC(C)(C)C1. The highest BCUT2D eigenvalue weighted by Gasteiger charge is 2.49. The zero-order valence-electron chi connectivity index (χ0n) is 11.9. The third-order valence-electron chi connectivity index (χ3n) is 4.76. The van der Waals surface area contributed by atoms with Crippen LogP contribution in [0.4, 0.5) is 0 Å². The van der Waals surface area contributed by atoms with Gasteiger partial charge < -0.3 is 4.74 Å². The van der Waals surface area contributed by atoms with Gasteiger partial charge in [0.05, 0.1) is 12.2 Å². The van der Waals surface area contributed by atoms with E-state index in [4.69, 9.17) is 4.74 Å². The van der Waals surface area contributed by atoms with Crippen LogP contribution in [0.5, 0.6) is 0 Å². The van der Waals surface area contributed by atoms with Gasteiger partial charge in [-0.1, -0.05) is 50.5 Å². The lowest BCUT2D eigenvalue weighted by atomic mass is 9.68. The van der Waals surface area contributed by atoms with Crippen molar-refractivity contribution in [3.05, 3.63) is 0 Å². The van der Waals surface area contributed by atoms with Gasteiger partial charge in [-0.05, 0) is 37.0 Å². The molecule has 0 radical (unpaired) electrons. The van der Waals surface area contributed by atoms with Crippen LogP contribution in [-0.2, 0) is 4.74 Å². The average Bonchev–Trinajstić information content (AvgIpc) is 2.14. The molecule has 100 valence electrons. The first-order valence-corrected chi connectivity index (χ1v) is 7.92. The Morgan fingerprint density at radius 3 is 2.18 bits per heavy atom. The smallest absolute Gasteiger partial charge is 0.0651 e. The molecule has 0 aliphatic heterocycles. The Kier molecular flexibility index (Phi) is 3.69. The Morgan fingerprint density at radius 2 is 1.71 bits per heavy atom. The molecule has 2 aliphatic rings. The maximum atomic E-state index is 6.39. The molecule has 4 atom stereocenters. The van der Waals surface area contributed by atoms with Crippen LogP contribution >= 0.6 is 15.9 Å². The molecule has 1 nitrogen and oxygen atoms in total. The molecule has 0 saturated heterocycles. The van der Waals surface area contributed by atoms with E-state index in [1.165, 1.54) is 25.7 Å². The van der Waals surface area contributed by atoms with E-state index in [1.807, 2.05) is 0 Å². The van der Waals surface area contributed by atoms with Crippen molar-refractivity contribution >= 4 is 15.9 Å². The molecule has 0 N–H and O–H groups in total. The van der Waals surface area contributed by atoms with Gasteiger partial charge in [0.15, 0.2) is 0 Å². The van der Waals surface area contributed by atoms with Gasteiger partial charge in [0.1, 0.15) is 0 Å². The summed E-state index contributed by atoms with van der Waals surface area (Å²) in [5, 5.41) is 0. The minimum Gasteiger partial charge on any atom is -0.374 e. The molecule has 0 heterocycles. The van der Waals surface area contributed by atoms with Crippen LogP contribution in [0.15, 0.2) is 0 Å². The van der Waals surface area contributed by atoms with Crippen LogP contribution in [-0.4, -0.2) is 17.0 Å². The standard InChI is InChI=1S/C15H27BrO/c1-10-6-11(9-14(2,3)8-10)17-13-7-12(16)15(13,4)5/h10-13H,6-9H2,1-5H3. The topological polar surface area (TPSA) is 9.23 Å². The molecule has 2 rings (SSSR count). The number of hydrogen-bond acceptors (Lipinski definition) is 1. The summed E-state index contributed by atoms with van der Waals surface area (Å²) in [4.78, 5) is 0.633. The molecule has 0 spiro atoms. The normalized spacial score (nSPS) is 44.1. The maximum Gasteiger partial charge on any atom is 0.0651 e. The summed E-state index contributed by atoms with van der Waals surface area (Å²) >= 11 is 3.74. The first-order chi connectivity index (χ1) is 7.71. The van der Waals surface area contributed by atoms with Crippen molar-refractivity contribution < 1.29 is 4.74 Å². The summed E-state index contributed by atoms with van der Waals surface area (Å²) in [6, 6.07) is 0. The fourth-order valence-electron chi connectivity index (χ4n) is 3.66. The zero-order chi connectivity index (χ0) is 12.8. The second kappa shape index (κ2) is 4.52. The predicted molar refractivity (Wildman–Crippen MR) is 76.6 cm³/mol. The van der Waals surface area contributed by atoms with Crippen LogP contribution in [0.25, 0.3) is 0 Å². The van der Waals surface area contributed by atoms with Gasteiger partial charge in [-0.25, -0.2) is 0 Å². The quantitative estimate of drug-likeness (QED) is 0.667. The minimum atomic E-state index is 0.310. The highest BCUT2D eigenvalue weighted by molar-refractivity contribution is 9.09. The molecular weight excluding hydrogens is 276 g/mol. The van der Waals surface area contributed by atoms with Gasteiger partial charge in [-0.3, -0.25) is 0 Å².